The van der Waals surface area contributed by atoms with E-state index < -0.39 is 0 Å². The lowest BCUT2D eigenvalue weighted by Crippen LogP contribution is -2.23. The van der Waals surface area contributed by atoms with Gasteiger partial charge in [0.15, 0.2) is 0 Å². The third kappa shape index (κ3) is 3.74. The summed E-state index contributed by atoms with van der Waals surface area (Å²) in [6.45, 7) is 2.18. The Hall–Kier alpha value is -0.610. The van der Waals surface area contributed by atoms with Gasteiger partial charge in [-0.15, -0.1) is 0 Å². The van der Waals surface area contributed by atoms with Gasteiger partial charge in [0.1, 0.15) is 0 Å². The summed E-state index contributed by atoms with van der Waals surface area (Å²) in [5.41, 5.74) is 1.69. The highest BCUT2D eigenvalue weighted by atomic mass is 16.5. The van der Waals surface area contributed by atoms with Gasteiger partial charge in [-0.05, 0) is 45.3 Å². The summed E-state index contributed by atoms with van der Waals surface area (Å²) in [5, 5.41) is 8.38. The molecule has 1 heterocycles. The van der Waals surface area contributed by atoms with E-state index in [0.29, 0.717) is 12.3 Å². The molecule has 1 aliphatic heterocycles. The fourth-order valence-electron chi connectivity index (χ4n) is 1.82. The summed E-state index contributed by atoms with van der Waals surface area (Å²) in [6, 6.07) is 0. The third-order valence-electron chi connectivity index (χ3n) is 2.67. The molecule has 1 amide bonds. The van der Waals surface area contributed by atoms with Crippen molar-refractivity contribution in [1.29, 1.82) is 0 Å². The van der Waals surface area contributed by atoms with Gasteiger partial charge >= 0.3 is 0 Å². The van der Waals surface area contributed by atoms with Crippen LogP contribution >= 0.6 is 0 Å². The van der Waals surface area contributed by atoms with Gasteiger partial charge in [-0.2, -0.15) is 0 Å². The van der Waals surface area contributed by atoms with Crippen molar-refractivity contribution in [2.45, 2.75) is 25.7 Å². The predicted molar refractivity (Wildman–Crippen MR) is 49.4 cm³/mol. The number of nitrogens with zero attached hydrogens (tertiary/aromatic N) is 1. The Labute approximate surface area is 78.9 Å². The number of hydrogen-bond donors (Lipinski definition) is 2. The molecule has 1 fully saturated rings. The van der Waals surface area contributed by atoms with Crippen LogP contribution in [-0.4, -0.2) is 36.2 Å². The van der Waals surface area contributed by atoms with Crippen molar-refractivity contribution in [2.24, 2.45) is 5.92 Å². The van der Waals surface area contributed by atoms with Gasteiger partial charge in [0.2, 0.25) is 5.91 Å². The topological polar surface area (TPSA) is 52.6 Å². The van der Waals surface area contributed by atoms with E-state index in [9.17, 15) is 4.79 Å². The van der Waals surface area contributed by atoms with Crippen LogP contribution in [0.2, 0.25) is 0 Å². The molecular weight excluding hydrogens is 168 g/mol. The highest BCUT2D eigenvalue weighted by Crippen LogP contribution is 2.19. The van der Waals surface area contributed by atoms with Gasteiger partial charge in [0, 0.05) is 6.42 Å². The molecule has 0 saturated carbocycles. The van der Waals surface area contributed by atoms with Crippen molar-refractivity contribution in [3.05, 3.63) is 0 Å². The molecule has 0 aromatic heterocycles. The molecule has 1 rings (SSSR count). The molecule has 0 bridgehead atoms. The molecule has 76 valence electrons. The number of carbonyl (C=O) groups excluding carboxylic acids is 1. The lowest BCUT2D eigenvalue weighted by molar-refractivity contribution is -0.130. The first-order chi connectivity index (χ1) is 6.22. The molecule has 1 unspecified atom stereocenters. The highest BCUT2D eigenvalue weighted by molar-refractivity contribution is 5.74. The zero-order valence-corrected chi connectivity index (χ0v) is 8.12. The first-order valence-corrected chi connectivity index (χ1v) is 4.84. The van der Waals surface area contributed by atoms with E-state index >= 15 is 0 Å². The standard InChI is InChI=1S/C9H18N2O2/c1-11-5-2-3-8(4-6-11)7-9(12)10-13/h8,13H,2-7H2,1H3,(H,10,12). The summed E-state index contributed by atoms with van der Waals surface area (Å²) < 4.78 is 0. The Kier molecular flexibility index (Phi) is 4.18. The van der Waals surface area contributed by atoms with Crippen LogP contribution in [0.4, 0.5) is 0 Å². The summed E-state index contributed by atoms with van der Waals surface area (Å²) in [4.78, 5) is 13.2. The van der Waals surface area contributed by atoms with Crippen LogP contribution in [0.1, 0.15) is 25.7 Å². The highest BCUT2D eigenvalue weighted by Gasteiger charge is 2.17. The van der Waals surface area contributed by atoms with E-state index in [1.54, 1.807) is 5.48 Å². The molecule has 13 heavy (non-hydrogen) atoms. The first kappa shape index (κ1) is 10.5. The maximum absolute atomic E-state index is 10.9. The van der Waals surface area contributed by atoms with E-state index in [2.05, 4.69) is 11.9 Å². The zero-order valence-electron chi connectivity index (χ0n) is 8.12. The minimum absolute atomic E-state index is 0.255. The number of nitrogens with one attached hydrogen (secondary N) is 1. The van der Waals surface area contributed by atoms with Gasteiger partial charge in [-0.3, -0.25) is 10.0 Å². The minimum atomic E-state index is -0.255. The summed E-state index contributed by atoms with van der Waals surface area (Å²) >= 11 is 0. The number of carbonyl (C=O) groups is 1. The Morgan fingerprint density at radius 3 is 3.00 bits per heavy atom. The van der Waals surface area contributed by atoms with Crippen LogP contribution in [-0.2, 0) is 4.79 Å². The van der Waals surface area contributed by atoms with Crippen molar-refractivity contribution in [1.82, 2.24) is 10.4 Å². The number of hydrogen-bond acceptors (Lipinski definition) is 3. The predicted octanol–water partition coefficient (Wildman–Crippen LogP) is 0.614. The largest absolute Gasteiger partial charge is 0.306 e. The average Bonchev–Trinajstić information content (AvgIpc) is 2.31. The second kappa shape index (κ2) is 5.19. The van der Waals surface area contributed by atoms with Crippen LogP contribution in [0.3, 0.4) is 0 Å². The molecule has 0 aromatic rings. The molecule has 0 spiro atoms. The van der Waals surface area contributed by atoms with Gasteiger partial charge in [0.05, 0.1) is 0 Å². The molecule has 1 atom stereocenters. The lowest BCUT2D eigenvalue weighted by Gasteiger charge is -2.13. The van der Waals surface area contributed by atoms with Crippen LogP contribution in [0.15, 0.2) is 0 Å². The normalized spacial score (nSPS) is 25.2. The van der Waals surface area contributed by atoms with Crippen LogP contribution < -0.4 is 5.48 Å². The van der Waals surface area contributed by atoms with Crippen molar-refractivity contribution >= 4 is 5.91 Å². The molecule has 4 heteroatoms. The Bertz CT molecular complexity index is 173. The number of amides is 1. The average molecular weight is 186 g/mol. The minimum Gasteiger partial charge on any atom is -0.306 e. The smallest absolute Gasteiger partial charge is 0.243 e. The molecule has 2 N–H and O–H groups in total. The molecule has 1 aliphatic rings. The maximum Gasteiger partial charge on any atom is 0.243 e. The van der Waals surface area contributed by atoms with Crippen molar-refractivity contribution < 1.29 is 10.0 Å². The van der Waals surface area contributed by atoms with Gasteiger partial charge < -0.3 is 4.90 Å². The molecular formula is C9H18N2O2. The van der Waals surface area contributed by atoms with Crippen molar-refractivity contribution in [2.75, 3.05) is 20.1 Å². The fraction of sp³-hybridized carbons (Fsp3) is 0.889. The molecule has 4 nitrogen and oxygen atoms in total. The SMILES string of the molecule is CN1CCCC(CC(=O)NO)CC1. The van der Waals surface area contributed by atoms with Gasteiger partial charge in [0.25, 0.3) is 0 Å². The second-order valence-corrected chi connectivity index (χ2v) is 3.84. The van der Waals surface area contributed by atoms with E-state index in [-0.39, 0.29) is 5.91 Å². The maximum atomic E-state index is 10.9. The van der Waals surface area contributed by atoms with E-state index in [1.807, 2.05) is 0 Å². The Morgan fingerprint density at radius 2 is 2.31 bits per heavy atom. The third-order valence-corrected chi connectivity index (χ3v) is 2.67. The van der Waals surface area contributed by atoms with Gasteiger partial charge in [-0.25, -0.2) is 5.48 Å². The second-order valence-electron chi connectivity index (χ2n) is 3.84. The zero-order chi connectivity index (χ0) is 9.68. The molecule has 0 radical (unpaired) electrons. The van der Waals surface area contributed by atoms with Crippen LogP contribution in [0, 0.1) is 5.92 Å². The Morgan fingerprint density at radius 1 is 1.54 bits per heavy atom. The van der Waals surface area contributed by atoms with E-state index in [4.69, 9.17) is 5.21 Å². The molecule has 1 saturated heterocycles. The fourth-order valence-corrected chi connectivity index (χ4v) is 1.82. The van der Waals surface area contributed by atoms with Crippen molar-refractivity contribution in [3.63, 3.8) is 0 Å². The number of rotatable bonds is 2. The molecule has 0 aliphatic carbocycles. The van der Waals surface area contributed by atoms with E-state index in [1.165, 1.54) is 0 Å². The first-order valence-electron chi connectivity index (χ1n) is 4.84. The monoisotopic (exact) mass is 186 g/mol. The van der Waals surface area contributed by atoms with Crippen LogP contribution in [0.25, 0.3) is 0 Å². The molecule has 0 aromatic carbocycles. The summed E-state index contributed by atoms with van der Waals surface area (Å²) in [5.74, 6) is 0.187. The van der Waals surface area contributed by atoms with Crippen molar-refractivity contribution in [3.8, 4) is 0 Å². The quantitative estimate of drug-likeness (QED) is 0.491. The summed E-state index contributed by atoms with van der Waals surface area (Å²) in [7, 11) is 2.11. The number of likely N-dealkylation sites (tertiary alicyclic amines) is 1. The number of hydroxylamine groups is 1. The Balaban J connectivity index is 2.29. The lowest BCUT2D eigenvalue weighted by atomic mass is 9.97. The van der Waals surface area contributed by atoms with Gasteiger partial charge in [-0.1, -0.05) is 0 Å². The summed E-state index contributed by atoms with van der Waals surface area (Å²) in [6.07, 6.45) is 3.77. The van der Waals surface area contributed by atoms with Crippen LogP contribution in [0.5, 0.6) is 0 Å². The van der Waals surface area contributed by atoms with E-state index in [0.717, 1.165) is 32.4 Å².